The molecule has 0 unspecified atom stereocenters. The average Bonchev–Trinajstić information content (AvgIpc) is 2.76. The molecule has 0 atom stereocenters. The van der Waals surface area contributed by atoms with Crippen LogP contribution in [0.4, 0.5) is 0 Å². The molecule has 94 valence electrons. The number of aryl methyl sites for hydroxylation is 1. The lowest BCUT2D eigenvalue weighted by atomic mass is 10.0. The molecule has 3 N–H and O–H groups in total. The van der Waals surface area contributed by atoms with Crippen molar-refractivity contribution in [1.29, 1.82) is 0 Å². The van der Waals surface area contributed by atoms with Crippen molar-refractivity contribution in [1.82, 2.24) is 9.97 Å². The maximum atomic E-state index is 11.0. The molecule has 0 radical (unpaired) electrons. The molecule has 5 heteroatoms. The van der Waals surface area contributed by atoms with Gasteiger partial charge < -0.3 is 15.1 Å². The Morgan fingerprint density at radius 2 is 2.17 bits per heavy atom. The Morgan fingerprint density at radius 1 is 1.33 bits per heavy atom. The van der Waals surface area contributed by atoms with E-state index < -0.39 is 5.97 Å². The van der Waals surface area contributed by atoms with Crippen LogP contribution in [-0.4, -0.2) is 21.0 Å². The Morgan fingerprint density at radius 3 is 2.83 bits per heavy atom. The molecule has 0 aliphatic carbocycles. The monoisotopic (exact) mass is 246 g/mol. The number of hydrogen-bond donors (Lipinski definition) is 3. The lowest BCUT2D eigenvalue weighted by Crippen LogP contribution is -2.00. The van der Waals surface area contributed by atoms with E-state index in [1.165, 1.54) is 0 Å². The van der Waals surface area contributed by atoms with Crippen LogP contribution >= 0.6 is 0 Å². The van der Waals surface area contributed by atoms with Gasteiger partial charge in [-0.05, 0) is 30.0 Å². The van der Waals surface area contributed by atoms with E-state index in [0.29, 0.717) is 6.42 Å². The molecular formula is C13H14N2O3. The Labute approximate surface area is 103 Å². The van der Waals surface area contributed by atoms with Gasteiger partial charge in [0.2, 0.25) is 0 Å². The van der Waals surface area contributed by atoms with Crippen molar-refractivity contribution in [2.45, 2.75) is 19.3 Å². The smallest absolute Gasteiger partial charge is 0.323 e. The molecular weight excluding hydrogens is 232 g/mol. The molecule has 0 fully saturated rings. The third-order valence-electron chi connectivity index (χ3n) is 2.69. The number of aromatic amines is 2. The minimum atomic E-state index is -0.777. The van der Waals surface area contributed by atoms with E-state index in [1.54, 1.807) is 6.20 Å². The minimum Gasteiger partial charge on any atom is -0.481 e. The second-order valence-corrected chi connectivity index (χ2v) is 4.10. The summed E-state index contributed by atoms with van der Waals surface area (Å²) in [6.07, 6.45) is 3.13. The first kappa shape index (κ1) is 12.2. The van der Waals surface area contributed by atoms with Crippen LogP contribution in [-0.2, 0) is 11.2 Å². The SMILES string of the molecule is O=C(O)CCCc1cccc(-c2c[nH]c(=O)[nH]2)c1. The summed E-state index contributed by atoms with van der Waals surface area (Å²) in [6, 6.07) is 7.72. The Bertz CT molecular complexity index is 598. The maximum absolute atomic E-state index is 11.0. The van der Waals surface area contributed by atoms with Crippen LogP contribution in [0.15, 0.2) is 35.3 Å². The molecule has 1 aromatic carbocycles. The van der Waals surface area contributed by atoms with Crippen LogP contribution in [0.2, 0.25) is 0 Å². The zero-order valence-electron chi connectivity index (χ0n) is 9.77. The lowest BCUT2D eigenvalue weighted by Gasteiger charge is -2.03. The van der Waals surface area contributed by atoms with E-state index in [0.717, 1.165) is 23.2 Å². The molecule has 0 saturated heterocycles. The average molecular weight is 246 g/mol. The van der Waals surface area contributed by atoms with Crippen LogP contribution < -0.4 is 5.69 Å². The number of aromatic nitrogens is 2. The summed E-state index contributed by atoms with van der Waals surface area (Å²) in [5.74, 6) is -0.777. The summed E-state index contributed by atoms with van der Waals surface area (Å²) in [4.78, 5) is 26.7. The summed E-state index contributed by atoms with van der Waals surface area (Å²) in [6.45, 7) is 0. The Balaban J connectivity index is 2.10. The van der Waals surface area contributed by atoms with Gasteiger partial charge in [0.15, 0.2) is 0 Å². The van der Waals surface area contributed by atoms with Gasteiger partial charge >= 0.3 is 11.7 Å². The van der Waals surface area contributed by atoms with Gasteiger partial charge in [0.25, 0.3) is 0 Å². The highest BCUT2D eigenvalue weighted by Gasteiger charge is 2.02. The van der Waals surface area contributed by atoms with Gasteiger partial charge in [-0.1, -0.05) is 18.2 Å². The van der Waals surface area contributed by atoms with E-state index in [2.05, 4.69) is 9.97 Å². The maximum Gasteiger partial charge on any atom is 0.323 e. The molecule has 0 aliphatic rings. The zero-order valence-corrected chi connectivity index (χ0v) is 9.77. The van der Waals surface area contributed by atoms with Gasteiger partial charge in [-0.2, -0.15) is 0 Å². The van der Waals surface area contributed by atoms with Crippen molar-refractivity contribution in [2.24, 2.45) is 0 Å². The van der Waals surface area contributed by atoms with Crippen LogP contribution in [0.25, 0.3) is 11.3 Å². The van der Waals surface area contributed by atoms with Gasteiger partial charge in [0.05, 0.1) is 5.69 Å². The van der Waals surface area contributed by atoms with E-state index in [4.69, 9.17) is 5.11 Å². The van der Waals surface area contributed by atoms with Crippen molar-refractivity contribution in [3.8, 4) is 11.3 Å². The zero-order chi connectivity index (χ0) is 13.0. The third kappa shape index (κ3) is 3.10. The Hall–Kier alpha value is -2.30. The molecule has 2 aromatic rings. The number of aliphatic carboxylic acids is 1. The number of carboxylic acid groups (broad SMARTS) is 1. The summed E-state index contributed by atoms with van der Waals surface area (Å²) >= 11 is 0. The molecule has 0 amide bonds. The summed E-state index contributed by atoms with van der Waals surface area (Å²) in [5.41, 5.74) is 2.48. The first-order valence-electron chi connectivity index (χ1n) is 5.74. The molecule has 2 rings (SSSR count). The molecule has 0 spiro atoms. The van der Waals surface area contributed by atoms with Gasteiger partial charge in [0, 0.05) is 12.6 Å². The largest absolute Gasteiger partial charge is 0.481 e. The molecule has 0 aliphatic heterocycles. The minimum absolute atomic E-state index is 0.172. The summed E-state index contributed by atoms with van der Waals surface area (Å²) in [5, 5.41) is 8.58. The number of benzene rings is 1. The van der Waals surface area contributed by atoms with Crippen molar-refractivity contribution >= 4 is 5.97 Å². The fourth-order valence-electron chi connectivity index (χ4n) is 1.83. The van der Waals surface area contributed by atoms with Crippen LogP contribution in [0.1, 0.15) is 18.4 Å². The normalized spacial score (nSPS) is 10.4. The van der Waals surface area contributed by atoms with Crippen LogP contribution in [0, 0.1) is 0 Å². The van der Waals surface area contributed by atoms with Crippen molar-refractivity contribution in [2.75, 3.05) is 0 Å². The summed E-state index contributed by atoms with van der Waals surface area (Å²) in [7, 11) is 0. The van der Waals surface area contributed by atoms with E-state index in [1.807, 2.05) is 24.3 Å². The molecule has 1 heterocycles. The van der Waals surface area contributed by atoms with Crippen molar-refractivity contribution < 1.29 is 9.90 Å². The van der Waals surface area contributed by atoms with E-state index >= 15 is 0 Å². The Kier molecular flexibility index (Phi) is 3.62. The predicted octanol–water partition coefficient (Wildman–Crippen LogP) is 1.78. The highest BCUT2D eigenvalue weighted by Crippen LogP contribution is 2.17. The van der Waals surface area contributed by atoms with Crippen LogP contribution in [0.5, 0.6) is 0 Å². The lowest BCUT2D eigenvalue weighted by molar-refractivity contribution is -0.137. The number of rotatable bonds is 5. The summed E-state index contributed by atoms with van der Waals surface area (Å²) < 4.78 is 0. The third-order valence-corrected chi connectivity index (χ3v) is 2.69. The number of imidazole rings is 1. The fourth-order valence-corrected chi connectivity index (χ4v) is 1.83. The van der Waals surface area contributed by atoms with Crippen molar-refractivity contribution in [3.63, 3.8) is 0 Å². The molecule has 0 saturated carbocycles. The first-order valence-corrected chi connectivity index (χ1v) is 5.74. The topological polar surface area (TPSA) is 85.9 Å². The highest BCUT2D eigenvalue weighted by molar-refractivity contribution is 5.66. The quantitative estimate of drug-likeness (QED) is 0.751. The first-order chi connectivity index (χ1) is 8.65. The predicted molar refractivity (Wildman–Crippen MR) is 67.4 cm³/mol. The van der Waals surface area contributed by atoms with Gasteiger partial charge in [-0.25, -0.2) is 4.79 Å². The fraction of sp³-hybridized carbons (Fsp3) is 0.231. The molecule has 18 heavy (non-hydrogen) atoms. The second-order valence-electron chi connectivity index (χ2n) is 4.10. The van der Waals surface area contributed by atoms with Crippen LogP contribution in [0.3, 0.4) is 0 Å². The number of nitrogens with one attached hydrogen (secondary N) is 2. The van der Waals surface area contributed by atoms with Gasteiger partial charge in [-0.15, -0.1) is 0 Å². The molecule has 1 aromatic heterocycles. The molecule has 0 bridgehead atoms. The highest BCUT2D eigenvalue weighted by atomic mass is 16.4. The number of carbonyl (C=O) groups is 1. The van der Waals surface area contributed by atoms with E-state index in [-0.39, 0.29) is 12.1 Å². The standard InChI is InChI=1S/C13H14N2O3/c16-12(17)6-2-4-9-3-1-5-10(7-9)11-8-14-13(18)15-11/h1,3,5,7-8H,2,4,6H2,(H,16,17)(H2,14,15,18). The number of H-pyrrole nitrogens is 2. The van der Waals surface area contributed by atoms with Crippen molar-refractivity contribution in [3.05, 3.63) is 46.5 Å². The van der Waals surface area contributed by atoms with Gasteiger partial charge in [0.1, 0.15) is 0 Å². The number of carboxylic acids is 1. The second kappa shape index (κ2) is 5.35. The van der Waals surface area contributed by atoms with Gasteiger partial charge in [-0.3, -0.25) is 4.79 Å². The number of hydrogen-bond acceptors (Lipinski definition) is 2. The van der Waals surface area contributed by atoms with E-state index in [9.17, 15) is 9.59 Å². The molecule has 5 nitrogen and oxygen atoms in total.